The lowest BCUT2D eigenvalue weighted by Gasteiger charge is -2.28. The molecule has 2 aliphatic rings. The second-order valence-corrected chi connectivity index (χ2v) is 7.16. The van der Waals surface area contributed by atoms with Crippen LogP contribution in [0.15, 0.2) is 42.7 Å². The smallest absolute Gasteiger partial charge is 0.173 e. The van der Waals surface area contributed by atoms with Crippen LogP contribution >= 0.6 is 0 Å². The number of pyridine rings is 1. The van der Waals surface area contributed by atoms with Crippen molar-refractivity contribution in [2.24, 2.45) is 5.73 Å². The number of rotatable bonds is 6. The zero-order valence-electron chi connectivity index (χ0n) is 15.3. The predicted octanol–water partition coefficient (Wildman–Crippen LogP) is 2.24. The number of nitrogens with two attached hydrogens (primary N) is 1. The van der Waals surface area contributed by atoms with E-state index in [2.05, 4.69) is 9.88 Å². The fourth-order valence-electron chi connectivity index (χ4n) is 3.90. The average Bonchev–Trinajstić information content (AvgIpc) is 3.21. The molecule has 6 heteroatoms. The van der Waals surface area contributed by atoms with Crippen LogP contribution in [0.3, 0.4) is 0 Å². The number of carbonyl (C=O) groups is 1. The Hall–Kier alpha value is -2.44. The molecule has 0 saturated carbocycles. The van der Waals surface area contributed by atoms with Gasteiger partial charge in [0, 0.05) is 30.5 Å². The molecule has 0 spiro atoms. The van der Waals surface area contributed by atoms with E-state index < -0.39 is 5.92 Å². The Morgan fingerprint density at radius 2 is 1.93 bits per heavy atom. The Morgan fingerprint density at radius 1 is 1.15 bits per heavy atom. The van der Waals surface area contributed by atoms with E-state index in [0.717, 1.165) is 18.7 Å². The molecule has 1 aromatic carbocycles. The minimum Gasteiger partial charge on any atom is -0.486 e. The van der Waals surface area contributed by atoms with Crippen LogP contribution in [0.25, 0.3) is 0 Å². The molecule has 0 aliphatic carbocycles. The summed E-state index contributed by atoms with van der Waals surface area (Å²) < 4.78 is 11.3. The molecule has 0 unspecified atom stereocenters. The van der Waals surface area contributed by atoms with E-state index >= 15 is 0 Å². The second kappa shape index (κ2) is 8.06. The molecule has 142 valence electrons. The summed E-state index contributed by atoms with van der Waals surface area (Å²) in [5.41, 5.74) is 8.03. The van der Waals surface area contributed by atoms with Gasteiger partial charge in [-0.2, -0.15) is 0 Å². The molecule has 6 nitrogen and oxygen atoms in total. The molecule has 3 heterocycles. The monoisotopic (exact) mass is 367 g/mol. The Kier molecular flexibility index (Phi) is 5.36. The van der Waals surface area contributed by atoms with Crippen molar-refractivity contribution in [3.63, 3.8) is 0 Å². The van der Waals surface area contributed by atoms with E-state index in [-0.39, 0.29) is 11.8 Å². The van der Waals surface area contributed by atoms with Gasteiger partial charge in [0.1, 0.15) is 13.2 Å². The quantitative estimate of drug-likeness (QED) is 0.789. The van der Waals surface area contributed by atoms with Gasteiger partial charge in [-0.3, -0.25) is 9.78 Å². The average molecular weight is 367 g/mol. The Balaban J connectivity index is 1.65. The Morgan fingerprint density at radius 3 is 2.67 bits per heavy atom. The Bertz CT molecular complexity index is 791. The lowest BCUT2D eigenvalue weighted by atomic mass is 9.85. The molecular weight excluding hydrogens is 342 g/mol. The minimum atomic E-state index is -0.453. The van der Waals surface area contributed by atoms with Crippen molar-refractivity contribution in [3.8, 4) is 11.5 Å². The molecule has 2 N–H and O–H groups in total. The summed E-state index contributed by atoms with van der Waals surface area (Å²) >= 11 is 0. The van der Waals surface area contributed by atoms with Gasteiger partial charge in [-0.25, -0.2) is 0 Å². The molecule has 27 heavy (non-hydrogen) atoms. The van der Waals surface area contributed by atoms with E-state index in [4.69, 9.17) is 15.2 Å². The zero-order valence-corrected chi connectivity index (χ0v) is 15.3. The summed E-state index contributed by atoms with van der Waals surface area (Å²) in [4.78, 5) is 19.8. The molecule has 1 aromatic heterocycles. The summed E-state index contributed by atoms with van der Waals surface area (Å²) in [7, 11) is 0. The van der Waals surface area contributed by atoms with Crippen LogP contribution in [0, 0.1) is 0 Å². The third-order valence-electron chi connectivity index (χ3n) is 5.25. The summed E-state index contributed by atoms with van der Waals surface area (Å²) in [6.45, 7) is 3.84. The van der Waals surface area contributed by atoms with Gasteiger partial charge in [0.25, 0.3) is 0 Å². The van der Waals surface area contributed by atoms with Crippen molar-refractivity contribution in [2.45, 2.75) is 24.8 Å². The maximum atomic E-state index is 13.3. The van der Waals surface area contributed by atoms with Crippen molar-refractivity contribution < 1.29 is 14.3 Å². The molecule has 2 aromatic rings. The molecule has 4 rings (SSSR count). The molecule has 1 saturated heterocycles. The molecule has 2 atom stereocenters. The van der Waals surface area contributed by atoms with Crippen LogP contribution in [-0.4, -0.2) is 54.6 Å². The van der Waals surface area contributed by atoms with Crippen LogP contribution in [0.1, 0.15) is 34.7 Å². The lowest BCUT2D eigenvalue weighted by molar-refractivity contribution is 0.0938. The van der Waals surface area contributed by atoms with Gasteiger partial charge in [0.2, 0.25) is 0 Å². The number of hydrogen-bond acceptors (Lipinski definition) is 6. The number of aromatic nitrogens is 1. The van der Waals surface area contributed by atoms with Gasteiger partial charge in [0.05, 0.1) is 5.92 Å². The van der Waals surface area contributed by atoms with Crippen molar-refractivity contribution in [1.82, 2.24) is 9.88 Å². The third kappa shape index (κ3) is 3.96. The van der Waals surface area contributed by atoms with Gasteiger partial charge in [0.15, 0.2) is 17.3 Å². The summed E-state index contributed by atoms with van der Waals surface area (Å²) in [5, 5.41) is 0. The highest BCUT2D eigenvalue weighted by atomic mass is 16.6. The van der Waals surface area contributed by atoms with E-state index in [9.17, 15) is 4.79 Å². The maximum Gasteiger partial charge on any atom is 0.173 e. The first-order valence-electron chi connectivity index (χ1n) is 9.54. The molecular formula is C21H25N3O3. The first kappa shape index (κ1) is 17.9. The number of ether oxygens (including phenoxy) is 2. The Labute approximate surface area is 159 Å². The number of benzene rings is 1. The number of likely N-dealkylation sites (tertiary alicyclic amines) is 1. The van der Waals surface area contributed by atoms with Crippen molar-refractivity contribution in [2.75, 3.05) is 32.8 Å². The fraction of sp³-hybridized carbons (Fsp3) is 0.429. The van der Waals surface area contributed by atoms with E-state index in [1.54, 1.807) is 24.5 Å². The zero-order chi connectivity index (χ0) is 18.6. The third-order valence-corrected chi connectivity index (χ3v) is 5.25. The van der Waals surface area contributed by atoms with Crippen LogP contribution in [0.4, 0.5) is 0 Å². The highest BCUT2D eigenvalue weighted by molar-refractivity contribution is 6.01. The number of nitrogens with zero attached hydrogens (tertiary/aromatic N) is 2. The minimum absolute atomic E-state index is 0.00789. The normalized spacial score (nSPS) is 18.9. The first-order valence-corrected chi connectivity index (χ1v) is 9.54. The number of hydrogen-bond donors (Lipinski definition) is 1. The van der Waals surface area contributed by atoms with Crippen LogP contribution in [0.2, 0.25) is 0 Å². The van der Waals surface area contributed by atoms with E-state index in [1.165, 1.54) is 12.8 Å². The predicted molar refractivity (Wildman–Crippen MR) is 102 cm³/mol. The van der Waals surface area contributed by atoms with Crippen molar-refractivity contribution >= 4 is 5.78 Å². The van der Waals surface area contributed by atoms with Crippen LogP contribution < -0.4 is 15.2 Å². The largest absolute Gasteiger partial charge is 0.486 e. The fourth-order valence-corrected chi connectivity index (χ4v) is 3.90. The number of fused-ring (bicyclic) bond motifs is 1. The van der Waals surface area contributed by atoms with Crippen LogP contribution in [-0.2, 0) is 0 Å². The molecule has 0 radical (unpaired) electrons. The van der Waals surface area contributed by atoms with E-state index in [1.807, 2.05) is 18.2 Å². The highest BCUT2D eigenvalue weighted by Crippen LogP contribution is 2.35. The van der Waals surface area contributed by atoms with Crippen LogP contribution in [0.5, 0.6) is 11.5 Å². The number of Topliss-reactive ketones (excluding diaryl/α,β-unsaturated/α-hetero) is 1. The highest BCUT2D eigenvalue weighted by Gasteiger charge is 2.31. The standard InChI is InChI=1S/C21H25N3O3/c22-17(14-24-8-1-2-9-24)20(21(25)16-4-3-7-23-13-16)15-5-6-18-19(12-15)27-11-10-26-18/h3-7,12-13,17,20H,1-2,8-11,14,22H2/t17-,20-/m1/s1. The van der Waals surface area contributed by atoms with Gasteiger partial charge in [-0.05, 0) is 55.8 Å². The van der Waals surface area contributed by atoms with Gasteiger partial charge >= 0.3 is 0 Å². The molecule has 1 fully saturated rings. The topological polar surface area (TPSA) is 77.7 Å². The van der Waals surface area contributed by atoms with Gasteiger partial charge in [-0.1, -0.05) is 6.07 Å². The van der Waals surface area contributed by atoms with Crippen molar-refractivity contribution in [3.05, 3.63) is 53.9 Å². The molecule has 2 aliphatic heterocycles. The number of carbonyl (C=O) groups excluding carboxylic acids is 1. The van der Waals surface area contributed by atoms with E-state index in [0.29, 0.717) is 36.8 Å². The molecule has 0 bridgehead atoms. The molecule has 0 amide bonds. The first-order chi connectivity index (χ1) is 13.2. The summed E-state index contributed by atoms with van der Waals surface area (Å²) in [6, 6.07) is 8.96. The van der Waals surface area contributed by atoms with Gasteiger partial charge < -0.3 is 20.1 Å². The second-order valence-electron chi connectivity index (χ2n) is 7.16. The van der Waals surface area contributed by atoms with Crippen molar-refractivity contribution in [1.29, 1.82) is 0 Å². The summed E-state index contributed by atoms with van der Waals surface area (Å²) in [5.74, 6) is 0.930. The number of ketones is 1. The SMILES string of the molecule is N[C@H](CN1CCCC1)[C@H](C(=O)c1cccnc1)c1ccc2c(c1)OCCO2. The van der Waals surface area contributed by atoms with Gasteiger partial charge in [-0.15, -0.1) is 0 Å². The lowest BCUT2D eigenvalue weighted by Crippen LogP contribution is -2.43. The maximum absolute atomic E-state index is 13.3. The summed E-state index contributed by atoms with van der Waals surface area (Å²) in [6.07, 6.45) is 5.66.